The van der Waals surface area contributed by atoms with E-state index >= 15 is 0 Å². The quantitative estimate of drug-likeness (QED) is 0.582. The maximum atomic E-state index is 9.98. The summed E-state index contributed by atoms with van der Waals surface area (Å²) in [6.45, 7) is 11.4. The number of hydrogen-bond donors (Lipinski definition) is 2. The molecule has 2 N–H and O–H groups in total. The van der Waals surface area contributed by atoms with Crippen LogP contribution in [0.4, 0.5) is 0 Å². The Morgan fingerprint density at radius 1 is 0.633 bits per heavy atom. The molecule has 0 saturated carbocycles. The Morgan fingerprint density at radius 2 is 1.00 bits per heavy atom. The lowest BCUT2D eigenvalue weighted by molar-refractivity contribution is 0.143. The van der Waals surface area contributed by atoms with Crippen LogP contribution < -0.4 is 0 Å². The number of allylic oxidation sites excluding steroid dienone is 14. The van der Waals surface area contributed by atoms with Crippen LogP contribution >= 0.6 is 0 Å². The van der Waals surface area contributed by atoms with Gasteiger partial charge in [0, 0.05) is 22.0 Å². The third-order valence-electron chi connectivity index (χ3n) is 6.46. The molecule has 152 valence electrons. The van der Waals surface area contributed by atoms with Crippen LogP contribution in [0.2, 0.25) is 0 Å². The number of rotatable bonds is 0. The normalized spacial score (nSPS) is 28.8. The van der Waals surface area contributed by atoms with Crippen molar-refractivity contribution in [3.8, 4) is 23.7 Å². The first-order chi connectivity index (χ1) is 13.8. The lowest BCUT2D eigenvalue weighted by atomic mass is 9.46. The van der Waals surface area contributed by atoms with Crippen LogP contribution in [-0.4, -0.2) is 21.4 Å². The molecule has 2 unspecified atom stereocenters. The van der Waals surface area contributed by atoms with Gasteiger partial charge in [-0.15, -0.1) is 0 Å². The first kappa shape index (κ1) is 20.5. The molecule has 0 spiro atoms. The maximum absolute atomic E-state index is 9.98. The highest BCUT2D eigenvalue weighted by atomic mass is 16.3. The van der Waals surface area contributed by atoms with Crippen molar-refractivity contribution < 1.29 is 10.2 Å². The third kappa shape index (κ3) is 3.18. The van der Waals surface area contributed by atoms with Crippen LogP contribution in [0, 0.1) is 34.5 Å². The lowest BCUT2D eigenvalue weighted by Crippen LogP contribution is -2.47. The van der Waals surface area contributed by atoms with Gasteiger partial charge in [-0.25, -0.2) is 0 Å². The van der Waals surface area contributed by atoms with Gasteiger partial charge in [0.2, 0.25) is 0 Å². The Morgan fingerprint density at radius 3 is 1.33 bits per heavy atom. The molecule has 0 bridgehead atoms. The molecule has 4 aliphatic carbocycles. The van der Waals surface area contributed by atoms with Crippen molar-refractivity contribution in [2.24, 2.45) is 10.8 Å². The molecule has 2 atom stereocenters. The zero-order valence-electron chi connectivity index (χ0n) is 18.5. The van der Waals surface area contributed by atoms with Crippen LogP contribution in [0.5, 0.6) is 0 Å². The molecule has 2 nitrogen and oxygen atoms in total. The van der Waals surface area contributed by atoms with E-state index in [-0.39, 0.29) is 10.8 Å². The van der Waals surface area contributed by atoms with Gasteiger partial charge >= 0.3 is 0 Å². The smallest absolute Gasteiger partial charge is 0.120 e. The Balaban J connectivity index is 1.87. The van der Waals surface area contributed by atoms with Crippen molar-refractivity contribution in [1.29, 1.82) is 0 Å². The molecule has 0 aliphatic heterocycles. The number of aliphatic hydroxyl groups is 2. The molecule has 0 heterocycles. The van der Waals surface area contributed by atoms with Crippen molar-refractivity contribution in [3.05, 3.63) is 82.0 Å². The fraction of sp³-hybridized carbons (Fsp3) is 0.357. The highest BCUT2D eigenvalue weighted by molar-refractivity contribution is 5.71. The molecule has 0 aromatic heterocycles. The van der Waals surface area contributed by atoms with Gasteiger partial charge in [0.15, 0.2) is 0 Å². The zero-order valence-corrected chi connectivity index (χ0v) is 18.5. The van der Waals surface area contributed by atoms with Gasteiger partial charge in [-0.05, 0) is 74.3 Å². The van der Waals surface area contributed by atoms with Crippen molar-refractivity contribution >= 4 is 0 Å². The molecule has 0 saturated heterocycles. The topological polar surface area (TPSA) is 40.5 Å². The van der Waals surface area contributed by atoms with Gasteiger partial charge in [0.05, 0.1) is 0 Å². The summed E-state index contributed by atoms with van der Waals surface area (Å²) in [6, 6.07) is 0. The van der Waals surface area contributed by atoms with Gasteiger partial charge in [-0.1, -0.05) is 61.8 Å². The predicted octanol–water partition coefficient (Wildman–Crippen LogP) is 4.72. The predicted molar refractivity (Wildman–Crippen MR) is 122 cm³/mol. The monoisotopic (exact) mass is 396 g/mol. The van der Waals surface area contributed by atoms with E-state index in [1.807, 2.05) is 0 Å². The molecular formula is C28H28O2. The summed E-state index contributed by atoms with van der Waals surface area (Å²) in [5.74, 6) is 12.1. The summed E-state index contributed by atoms with van der Waals surface area (Å²) in [6.07, 6.45) is 17.3. The van der Waals surface area contributed by atoms with Gasteiger partial charge in [-0.2, -0.15) is 0 Å². The van der Waals surface area contributed by atoms with Gasteiger partial charge in [0.25, 0.3) is 0 Å². The van der Waals surface area contributed by atoms with E-state index in [0.29, 0.717) is 0 Å². The van der Waals surface area contributed by atoms with Crippen LogP contribution in [0.3, 0.4) is 0 Å². The Hall–Kier alpha value is -2.78. The molecule has 2 heteroatoms. The molecule has 0 amide bonds. The molecule has 0 aromatic carbocycles. The fourth-order valence-electron chi connectivity index (χ4n) is 4.63. The lowest BCUT2D eigenvalue weighted by Gasteiger charge is -2.56. The van der Waals surface area contributed by atoms with E-state index < -0.39 is 11.2 Å². The van der Waals surface area contributed by atoms with Crippen molar-refractivity contribution in [2.75, 3.05) is 0 Å². The van der Waals surface area contributed by atoms with Gasteiger partial charge in [0.1, 0.15) is 11.2 Å². The summed E-state index contributed by atoms with van der Waals surface area (Å²) >= 11 is 0. The first-order valence-electron chi connectivity index (χ1n) is 10.3. The standard InChI is InChI=1S/C28H28O2/c1-25(2,29)13-11-19-15-21-7-9-23-17-20(12-14-26(3,4)30)18-24-10-8-22(16-19)27(21,5)28(23,24)6/h7-10,15-18,29-30H,1-6H3. The summed E-state index contributed by atoms with van der Waals surface area (Å²) in [4.78, 5) is 0. The average Bonchev–Trinajstić information content (AvgIpc) is 2.62. The van der Waals surface area contributed by atoms with E-state index in [2.05, 4.69) is 86.1 Å². The van der Waals surface area contributed by atoms with Crippen LogP contribution in [0.25, 0.3) is 0 Å². The van der Waals surface area contributed by atoms with Crippen LogP contribution in [-0.2, 0) is 0 Å². The minimum Gasteiger partial charge on any atom is -0.378 e. The average molecular weight is 397 g/mol. The summed E-state index contributed by atoms with van der Waals surface area (Å²) < 4.78 is 0. The van der Waals surface area contributed by atoms with Gasteiger partial charge in [-0.3, -0.25) is 0 Å². The minimum absolute atomic E-state index is 0.205. The molecular weight excluding hydrogens is 368 g/mol. The second-order valence-corrected chi connectivity index (χ2v) is 9.84. The van der Waals surface area contributed by atoms with E-state index in [0.717, 1.165) is 11.1 Å². The Bertz CT molecular complexity index is 1080. The molecule has 30 heavy (non-hydrogen) atoms. The van der Waals surface area contributed by atoms with Crippen molar-refractivity contribution in [3.63, 3.8) is 0 Å². The maximum Gasteiger partial charge on any atom is 0.120 e. The largest absolute Gasteiger partial charge is 0.378 e. The second-order valence-electron chi connectivity index (χ2n) is 9.84. The summed E-state index contributed by atoms with van der Waals surface area (Å²) in [7, 11) is 0. The molecule has 4 rings (SSSR count). The second kappa shape index (κ2) is 6.36. The van der Waals surface area contributed by atoms with E-state index in [4.69, 9.17) is 0 Å². The van der Waals surface area contributed by atoms with Crippen molar-refractivity contribution in [1.82, 2.24) is 0 Å². The first-order valence-corrected chi connectivity index (χ1v) is 10.3. The van der Waals surface area contributed by atoms with Gasteiger partial charge < -0.3 is 10.2 Å². The molecule has 0 aromatic rings. The van der Waals surface area contributed by atoms with Crippen LogP contribution in [0.15, 0.2) is 82.0 Å². The zero-order chi connectivity index (χ0) is 21.9. The summed E-state index contributed by atoms with van der Waals surface area (Å²) in [5, 5.41) is 20.0. The SMILES string of the molecule is CC(C)(O)C#CC1=CC2=CC=C3C=C(C#CC(C)(C)O)C=C4C=CC(=C1)C2(C)C34C. The van der Waals surface area contributed by atoms with E-state index in [9.17, 15) is 10.2 Å². The molecule has 0 fully saturated rings. The minimum atomic E-state index is -1.02. The van der Waals surface area contributed by atoms with Crippen molar-refractivity contribution in [2.45, 2.75) is 52.7 Å². The fourth-order valence-corrected chi connectivity index (χ4v) is 4.63. The highest BCUT2D eigenvalue weighted by Crippen LogP contribution is 2.65. The van der Waals surface area contributed by atoms with E-state index in [1.54, 1.807) is 27.7 Å². The van der Waals surface area contributed by atoms with E-state index in [1.165, 1.54) is 22.3 Å². The molecule has 4 aliphatic rings. The summed E-state index contributed by atoms with van der Waals surface area (Å²) in [5.41, 5.74) is 4.27. The third-order valence-corrected chi connectivity index (χ3v) is 6.46. The highest BCUT2D eigenvalue weighted by Gasteiger charge is 2.56. The Kier molecular flexibility index (Phi) is 4.34. The Labute approximate surface area is 179 Å². The van der Waals surface area contributed by atoms with Crippen LogP contribution in [0.1, 0.15) is 41.5 Å². The number of hydrogen-bond acceptors (Lipinski definition) is 2. The molecule has 0 radical (unpaired) electrons.